The lowest BCUT2D eigenvalue weighted by molar-refractivity contribution is -0.0366. The highest BCUT2D eigenvalue weighted by Gasteiger charge is 2.26. The fraction of sp³-hybridized carbons (Fsp3) is 0.429. The lowest BCUT2D eigenvalue weighted by atomic mass is 10.1. The highest BCUT2D eigenvalue weighted by atomic mass is 32.1. The normalized spacial score (nSPS) is 22.6. The molecule has 1 fully saturated rings. The average Bonchev–Trinajstić information content (AvgIpc) is 2.97. The predicted molar refractivity (Wildman–Crippen MR) is 79.0 cm³/mol. The molecule has 1 aromatic heterocycles. The zero-order valence-electron chi connectivity index (χ0n) is 11.3. The van der Waals surface area contributed by atoms with Gasteiger partial charge in [0.05, 0.1) is 12.6 Å². The maximum Gasteiger partial charge on any atom is 0.206 e. The SMILES string of the molecule is CO[C@H]1COCC[C@@H]1Nc1nnc(-c2ccccc2)s1. The van der Waals surface area contributed by atoms with E-state index >= 15 is 0 Å². The third-order valence-corrected chi connectivity index (χ3v) is 4.27. The van der Waals surface area contributed by atoms with Gasteiger partial charge in [0.25, 0.3) is 0 Å². The van der Waals surface area contributed by atoms with Crippen molar-refractivity contribution in [2.24, 2.45) is 0 Å². The van der Waals surface area contributed by atoms with Gasteiger partial charge in [-0.3, -0.25) is 0 Å². The van der Waals surface area contributed by atoms with Crippen LogP contribution in [0, 0.1) is 0 Å². The Morgan fingerprint density at radius 2 is 2.15 bits per heavy atom. The van der Waals surface area contributed by atoms with Crippen LogP contribution >= 0.6 is 11.3 Å². The zero-order chi connectivity index (χ0) is 13.8. The molecule has 0 spiro atoms. The van der Waals surface area contributed by atoms with Crippen molar-refractivity contribution in [2.45, 2.75) is 18.6 Å². The van der Waals surface area contributed by atoms with E-state index in [-0.39, 0.29) is 12.1 Å². The molecular weight excluding hydrogens is 274 g/mol. The summed E-state index contributed by atoms with van der Waals surface area (Å²) in [4.78, 5) is 0. The maximum absolute atomic E-state index is 5.44. The number of ether oxygens (including phenoxy) is 2. The first kappa shape index (κ1) is 13.5. The average molecular weight is 291 g/mol. The topological polar surface area (TPSA) is 56.3 Å². The second-order valence-corrected chi connectivity index (χ2v) is 5.64. The largest absolute Gasteiger partial charge is 0.379 e. The third-order valence-electron chi connectivity index (χ3n) is 3.36. The molecule has 2 heterocycles. The number of anilines is 1. The van der Waals surface area contributed by atoms with Crippen molar-refractivity contribution >= 4 is 16.5 Å². The van der Waals surface area contributed by atoms with E-state index < -0.39 is 0 Å². The maximum atomic E-state index is 5.44. The summed E-state index contributed by atoms with van der Waals surface area (Å²) in [5, 5.41) is 13.6. The summed E-state index contributed by atoms with van der Waals surface area (Å²) < 4.78 is 10.9. The van der Waals surface area contributed by atoms with Crippen molar-refractivity contribution in [1.29, 1.82) is 0 Å². The first-order chi connectivity index (χ1) is 9.86. The summed E-state index contributed by atoms with van der Waals surface area (Å²) in [7, 11) is 1.71. The van der Waals surface area contributed by atoms with E-state index in [2.05, 4.69) is 15.5 Å². The van der Waals surface area contributed by atoms with Gasteiger partial charge in [-0.2, -0.15) is 0 Å². The summed E-state index contributed by atoms with van der Waals surface area (Å²) in [5.41, 5.74) is 1.09. The molecule has 1 aromatic carbocycles. The number of methoxy groups -OCH3 is 1. The third kappa shape index (κ3) is 2.98. The number of aromatic nitrogens is 2. The number of nitrogens with one attached hydrogen (secondary N) is 1. The molecule has 3 rings (SSSR count). The van der Waals surface area contributed by atoms with Crippen LogP contribution in [-0.4, -0.2) is 42.7 Å². The molecule has 0 aliphatic carbocycles. The number of hydrogen-bond donors (Lipinski definition) is 1. The van der Waals surface area contributed by atoms with Crippen LogP contribution in [0.3, 0.4) is 0 Å². The fourth-order valence-corrected chi connectivity index (χ4v) is 3.06. The van der Waals surface area contributed by atoms with Gasteiger partial charge in [-0.15, -0.1) is 10.2 Å². The van der Waals surface area contributed by atoms with Crippen LogP contribution in [0.1, 0.15) is 6.42 Å². The lowest BCUT2D eigenvalue weighted by Crippen LogP contribution is -2.43. The molecule has 0 radical (unpaired) electrons. The molecule has 0 saturated carbocycles. The van der Waals surface area contributed by atoms with Crippen LogP contribution in [0.4, 0.5) is 5.13 Å². The van der Waals surface area contributed by atoms with Crippen LogP contribution < -0.4 is 5.32 Å². The predicted octanol–water partition coefficient (Wildman–Crippen LogP) is 2.42. The van der Waals surface area contributed by atoms with Gasteiger partial charge < -0.3 is 14.8 Å². The molecule has 0 unspecified atom stereocenters. The van der Waals surface area contributed by atoms with Crippen molar-refractivity contribution < 1.29 is 9.47 Å². The summed E-state index contributed by atoms with van der Waals surface area (Å²) in [6, 6.07) is 10.3. The van der Waals surface area contributed by atoms with E-state index in [1.54, 1.807) is 18.4 Å². The number of rotatable bonds is 4. The summed E-state index contributed by atoms with van der Waals surface area (Å²) in [5.74, 6) is 0. The van der Waals surface area contributed by atoms with Crippen molar-refractivity contribution in [1.82, 2.24) is 10.2 Å². The van der Waals surface area contributed by atoms with E-state index in [4.69, 9.17) is 9.47 Å². The Bertz CT molecular complexity index is 546. The standard InChI is InChI=1S/C14H17N3O2S/c1-18-12-9-19-8-7-11(12)15-14-17-16-13(20-14)10-5-3-2-4-6-10/h2-6,11-12H,7-9H2,1H3,(H,15,17)/t11-,12-/m0/s1. The molecule has 5 nitrogen and oxygen atoms in total. The van der Waals surface area contributed by atoms with Crippen LogP contribution in [0.25, 0.3) is 10.6 Å². The van der Waals surface area contributed by atoms with E-state index in [1.807, 2.05) is 30.3 Å². The molecule has 2 atom stereocenters. The minimum Gasteiger partial charge on any atom is -0.379 e. The van der Waals surface area contributed by atoms with Gasteiger partial charge >= 0.3 is 0 Å². The smallest absolute Gasteiger partial charge is 0.206 e. The van der Waals surface area contributed by atoms with Gasteiger partial charge in [0.2, 0.25) is 5.13 Å². The first-order valence-electron chi connectivity index (χ1n) is 6.63. The van der Waals surface area contributed by atoms with Crippen molar-refractivity contribution in [3.05, 3.63) is 30.3 Å². The second-order valence-electron chi connectivity index (χ2n) is 4.67. The molecule has 1 aliphatic heterocycles. The molecule has 106 valence electrons. The Kier molecular flexibility index (Phi) is 4.25. The van der Waals surface area contributed by atoms with Crippen LogP contribution in [0.5, 0.6) is 0 Å². The van der Waals surface area contributed by atoms with E-state index in [0.29, 0.717) is 6.61 Å². The Balaban J connectivity index is 1.71. The summed E-state index contributed by atoms with van der Waals surface area (Å²) in [6.07, 6.45) is 0.978. The van der Waals surface area contributed by atoms with Gasteiger partial charge in [-0.1, -0.05) is 41.7 Å². The summed E-state index contributed by atoms with van der Waals surface area (Å²) >= 11 is 1.56. The minimum absolute atomic E-state index is 0.0628. The minimum atomic E-state index is 0.0628. The molecule has 20 heavy (non-hydrogen) atoms. The number of benzene rings is 1. The van der Waals surface area contributed by atoms with Gasteiger partial charge in [0.1, 0.15) is 11.1 Å². The van der Waals surface area contributed by atoms with Crippen LogP contribution in [-0.2, 0) is 9.47 Å². The Morgan fingerprint density at radius 3 is 2.95 bits per heavy atom. The van der Waals surface area contributed by atoms with Gasteiger partial charge in [0, 0.05) is 19.3 Å². The lowest BCUT2D eigenvalue weighted by Gasteiger charge is -2.30. The van der Waals surface area contributed by atoms with E-state index in [0.717, 1.165) is 28.7 Å². The van der Waals surface area contributed by atoms with E-state index in [9.17, 15) is 0 Å². The van der Waals surface area contributed by atoms with E-state index in [1.165, 1.54) is 0 Å². The molecule has 2 aromatic rings. The molecular formula is C14H17N3O2S. The molecule has 0 amide bonds. The molecule has 0 bridgehead atoms. The molecule has 1 aliphatic rings. The Labute approximate surface area is 121 Å². The highest BCUT2D eigenvalue weighted by Crippen LogP contribution is 2.27. The van der Waals surface area contributed by atoms with Crippen LogP contribution in [0.2, 0.25) is 0 Å². The van der Waals surface area contributed by atoms with Gasteiger partial charge in [-0.25, -0.2) is 0 Å². The van der Waals surface area contributed by atoms with Crippen molar-refractivity contribution in [3.63, 3.8) is 0 Å². The Morgan fingerprint density at radius 1 is 1.30 bits per heavy atom. The molecule has 6 heteroatoms. The summed E-state index contributed by atoms with van der Waals surface area (Å²) in [6.45, 7) is 1.38. The Hall–Kier alpha value is -1.50. The first-order valence-corrected chi connectivity index (χ1v) is 7.44. The monoisotopic (exact) mass is 291 g/mol. The number of nitrogens with zero attached hydrogens (tertiary/aromatic N) is 2. The van der Waals surface area contributed by atoms with Gasteiger partial charge in [0.15, 0.2) is 0 Å². The van der Waals surface area contributed by atoms with Crippen LogP contribution in [0.15, 0.2) is 30.3 Å². The van der Waals surface area contributed by atoms with Crippen molar-refractivity contribution in [3.8, 4) is 10.6 Å². The highest BCUT2D eigenvalue weighted by molar-refractivity contribution is 7.18. The molecule has 1 N–H and O–H groups in total. The fourth-order valence-electron chi connectivity index (χ4n) is 2.25. The zero-order valence-corrected chi connectivity index (χ0v) is 12.1. The van der Waals surface area contributed by atoms with Gasteiger partial charge in [-0.05, 0) is 6.42 Å². The molecule has 1 saturated heterocycles. The quantitative estimate of drug-likeness (QED) is 0.937. The number of hydrogen-bond acceptors (Lipinski definition) is 6. The van der Waals surface area contributed by atoms with Crippen molar-refractivity contribution in [2.75, 3.05) is 25.6 Å². The second kappa shape index (κ2) is 6.30.